The number of thiophene rings is 1. The fourth-order valence-electron chi connectivity index (χ4n) is 1.86. The molecule has 0 bridgehead atoms. The molecule has 2 rings (SSSR count). The molecule has 2 heterocycles. The van der Waals surface area contributed by atoms with E-state index in [4.69, 9.17) is 0 Å². The van der Waals surface area contributed by atoms with E-state index in [0.29, 0.717) is 6.04 Å². The average molecular weight is 249 g/mol. The normalized spacial score (nSPS) is 13.2. The Labute approximate surface area is 107 Å². The van der Waals surface area contributed by atoms with Gasteiger partial charge in [-0.3, -0.25) is 4.90 Å². The van der Waals surface area contributed by atoms with Crippen molar-refractivity contribution in [3.8, 4) is 0 Å². The lowest BCUT2D eigenvalue weighted by Crippen LogP contribution is -2.24. The van der Waals surface area contributed by atoms with Gasteiger partial charge in [-0.05, 0) is 25.4 Å². The molecule has 2 aromatic heterocycles. The first-order chi connectivity index (χ1) is 8.18. The number of hydrogen-bond acceptors (Lipinski definition) is 3. The molecule has 4 heteroatoms. The van der Waals surface area contributed by atoms with Crippen molar-refractivity contribution in [2.24, 2.45) is 7.05 Å². The summed E-state index contributed by atoms with van der Waals surface area (Å²) in [5.74, 6) is 0. The molecule has 0 radical (unpaired) electrons. The molecule has 0 aromatic carbocycles. The molecule has 0 unspecified atom stereocenters. The van der Waals surface area contributed by atoms with Crippen LogP contribution in [-0.2, 0) is 13.5 Å². The lowest BCUT2D eigenvalue weighted by molar-refractivity contribution is 0.267. The van der Waals surface area contributed by atoms with Crippen LogP contribution >= 0.6 is 11.3 Å². The van der Waals surface area contributed by atoms with E-state index in [1.807, 2.05) is 30.9 Å². The smallest absolute Gasteiger partial charge is 0.0945 e. The van der Waals surface area contributed by atoms with Crippen LogP contribution in [0.1, 0.15) is 23.5 Å². The minimum atomic E-state index is 0.489. The predicted molar refractivity (Wildman–Crippen MR) is 72.3 cm³/mol. The van der Waals surface area contributed by atoms with Crippen molar-refractivity contribution in [1.29, 1.82) is 0 Å². The fraction of sp³-hybridized carbons (Fsp3) is 0.462. The highest BCUT2D eigenvalue weighted by molar-refractivity contribution is 7.10. The van der Waals surface area contributed by atoms with Crippen molar-refractivity contribution in [3.63, 3.8) is 0 Å². The van der Waals surface area contributed by atoms with E-state index in [1.54, 1.807) is 0 Å². The van der Waals surface area contributed by atoms with Gasteiger partial charge in [0.2, 0.25) is 0 Å². The molecule has 0 saturated carbocycles. The van der Waals surface area contributed by atoms with Crippen LogP contribution in [0.3, 0.4) is 0 Å². The zero-order valence-electron chi connectivity index (χ0n) is 10.6. The van der Waals surface area contributed by atoms with E-state index in [-0.39, 0.29) is 0 Å². The summed E-state index contributed by atoms with van der Waals surface area (Å²) in [5.41, 5.74) is 1.29. The first kappa shape index (κ1) is 12.3. The van der Waals surface area contributed by atoms with Gasteiger partial charge < -0.3 is 4.57 Å². The maximum absolute atomic E-state index is 4.14. The molecule has 0 saturated heterocycles. The minimum Gasteiger partial charge on any atom is -0.338 e. The molecule has 1 atom stereocenters. The average Bonchev–Trinajstić information content (AvgIpc) is 2.96. The summed E-state index contributed by atoms with van der Waals surface area (Å²) < 4.78 is 2.09. The third-order valence-corrected chi connectivity index (χ3v) is 4.30. The fourth-order valence-corrected chi connectivity index (χ4v) is 2.70. The van der Waals surface area contributed by atoms with Gasteiger partial charge >= 0.3 is 0 Å². The minimum absolute atomic E-state index is 0.489. The number of imidazole rings is 1. The van der Waals surface area contributed by atoms with E-state index in [0.717, 1.165) is 13.0 Å². The van der Waals surface area contributed by atoms with Gasteiger partial charge in [0.15, 0.2) is 0 Å². The molecule has 0 N–H and O–H groups in total. The summed E-state index contributed by atoms with van der Waals surface area (Å²) in [7, 11) is 4.23. The van der Waals surface area contributed by atoms with Crippen LogP contribution in [0.25, 0.3) is 0 Å². The van der Waals surface area contributed by atoms with Crippen LogP contribution in [-0.4, -0.2) is 28.0 Å². The van der Waals surface area contributed by atoms with Gasteiger partial charge in [-0.2, -0.15) is 0 Å². The molecular formula is C13H19N3S. The van der Waals surface area contributed by atoms with Crippen LogP contribution < -0.4 is 0 Å². The van der Waals surface area contributed by atoms with Crippen molar-refractivity contribution in [1.82, 2.24) is 14.5 Å². The third-order valence-electron chi connectivity index (χ3n) is 3.25. The Balaban J connectivity index is 1.89. The maximum atomic E-state index is 4.14. The van der Waals surface area contributed by atoms with Gasteiger partial charge in [-0.1, -0.05) is 6.07 Å². The molecule has 3 nitrogen and oxygen atoms in total. The van der Waals surface area contributed by atoms with E-state index in [1.165, 1.54) is 10.6 Å². The number of likely N-dealkylation sites (N-methyl/N-ethyl adjacent to an activating group) is 1. The number of nitrogens with zero attached hydrogens (tertiary/aromatic N) is 3. The lowest BCUT2D eigenvalue weighted by atomic mass is 10.2. The van der Waals surface area contributed by atoms with Gasteiger partial charge in [0.1, 0.15) is 0 Å². The molecule has 0 fully saturated rings. The number of hydrogen-bond donors (Lipinski definition) is 0. The van der Waals surface area contributed by atoms with Crippen molar-refractivity contribution in [3.05, 3.63) is 40.6 Å². The SMILES string of the molecule is C[C@H](c1cccs1)N(C)CCc1cncn1C. The van der Waals surface area contributed by atoms with Gasteiger partial charge in [0.05, 0.1) is 6.33 Å². The summed E-state index contributed by atoms with van der Waals surface area (Å²) in [6.45, 7) is 3.31. The van der Waals surface area contributed by atoms with E-state index < -0.39 is 0 Å². The van der Waals surface area contributed by atoms with Crippen LogP contribution in [0.5, 0.6) is 0 Å². The molecule has 0 amide bonds. The highest BCUT2D eigenvalue weighted by Crippen LogP contribution is 2.23. The van der Waals surface area contributed by atoms with Crippen molar-refractivity contribution in [2.45, 2.75) is 19.4 Å². The van der Waals surface area contributed by atoms with Crippen molar-refractivity contribution >= 4 is 11.3 Å². The Bertz CT molecular complexity index is 447. The summed E-state index contributed by atoms with van der Waals surface area (Å²) in [6.07, 6.45) is 4.85. The molecule has 17 heavy (non-hydrogen) atoms. The Hall–Kier alpha value is -1.13. The summed E-state index contributed by atoms with van der Waals surface area (Å²) in [5, 5.41) is 2.14. The Kier molecular flexibility index (Phi) is 3.97. The first-order valence-electron chi connectivity index (χ1n) is 5.87. The van der Waals surface area contributed by atoms with Crippen LogP contribution in [0.4, 0.5) is 0 Å². The molecule has 2 aromatic rings. The lowest BCUT2D eigenvalue weighted by Gasteiger charge is -2.23. The van der Waals surface area contributed by atoms with Crippen LogP contribution in [0.15, 0.2) is 30.0 Å². The van der Waals surface area contributed by atoms with Crippen LogP contribution in [0, 0.1) is 0 Å². The predicted octanol–water partition coefficient (Wildman–Crippen LogP) is 2.72. The Morgan fingerprint density at radius 3 is 2.94 bits per heavy atom. The first-order valence-corrected chi connectivity index (χ1v) is 6.75. The second-order valence-corrected chi connectivity index (χ2v) is 5.40. The molecular weight excluding hydrogens is 230 g/mol. The van der Waals surface area contributed by atoms with E-state index in [9.17, 15) is 0 Å². The molecule has 0 spiro atoms. The quantitative estimate of drug-likeness (QED) is 0.812. The second-order valence-electron chi connectivity index (χ2n) is 4.42. The Morgan fingerprint density at radius 1 is 1.53 bits per heavy atom. The van der Waals surface area contributed by atoms with Crippen molar-refractivity contribution in [2.75, 3.05) is 13.6 Å². The second kappa shape index (κ2) is 5.47. The summed E-state index contributed by atoms with van der Waals surface area (Å²) in [4.78, 5) is 7.96. The highest BCUT2D eigenvalue weighted by atomic mass is 32.1. The van der Waals surface area contributed by atoms with Crippen molar-refractivity contribution < 1.29 is 0 Å². The molecule has 92 valence electrons. The molecule has 0 aliphatic carbocycles. The monoisotopic (exact) mass is 249 g/mol. The number of rotatable bonds is 5. The van der Waals surface area contributed by atoms with E-state index in [2.05, 4.69) is 45.9 Å². The van der Waals surface area contributed by atoms with Gasteiger partial charge in [0.25, 0.3) is 0 Å². The number of aromatic nitrogens is 2. The standard InChI is InChI=1S/C13H19N3S/c1-11(13-5-4-8-17-13)15(2)7-6-12-9-14-10-16(12)3/h4-5,8-11H,6-7H2,1-3H3/t11-/m1/s1. The zero-order valence-corrected chi connectivity index (χ0v) is 11.4. The molecule has 0 aliphatic heterocycles. The van der Waals surface area contributed by atoms with E-state index >= 15 is 0 Å². The summed E-state index contributed by atoms with van der Waals surface area (Å²) in [6, 6.07) is 4.81. The highest BCUT2D eigenvalue weighted by Gasteiger charge is 2.12. The maximum Gasteiger partial charge on any atom is 0.0945 e. The number of aryl methyl sites for hydroxylation is 1. The topological polar surface area (TPSA) is 21.1 Å². The summed E-state index contributed by atoms with van der Waals surface area (Å²) >= 11 is 1.83. The Morgan fingerprint density at radius 2 is 2.35 bits per heavy atom. The van der Waals surface area contributed by atoms with Gasteiger partial charge in [-0.15, -0.1) is 11.3 Å². The zero-order chi connectivity index (χ0) is 12.3. The van der Waals surface area contributed by atoms with Gasteiger partial charge in [-0.25, -0.2) is 4.98 Å². The molecule has 0 aliphatic rings. The van der Waals surface area contributed by atoms with Gasteiger partial charge in [0, 0.05) is 42.8 Å². The largest absolute Gasteiger partial charge is 0.338 e. The van der Waals surface area contributed by atoms with Crippen LogP contribution in [0.2, 0.25) is 0 Å². The third kappa shape index (κ3) is 2.96.